The SMILES string of the molecule is CC(C)Oc1ccn(-c2ccc(C(=O)NS(=O)(=O)c3cccnc3N)c(N3CCC(C)C3(C)C)n2)n1. The number of nitrogen functional groups attached to an aromatic ring is 1. The molecule has 1 fully saturated rings. The van der Waals surface area contributed by atoms with E-state index in [2.05, 4.69) is 35.6 Å². The second-order valence-corrected chi connectivity index (χ2v) is 11.3. The van der Waals surface area contributed by atoms with Crippen LogP contribution in [0.4, 0.5) is 11.6 Å². The molecule has 0 aromatic carbocycles. The zero-order chi connectivity index (χ0) is 26.3. The van der Waals surface area contributed by atoms with Crippen molar-refractivity contribution in [2.75, 3.05) is 17.2 Å². The van der Waals surface area contributed by atoms with Gasteiger partial charge in [0.25, 0.3) is 15.9 Å². The van der Waals surface area contributed by atoms with Crippen LogP contribution in [0.15, 0.2) is 47.6 Å². The molecule has 1 amide bonds. The van der Waals surface area contributed by atoms with Crippen molar-refractivity contribution in [3.8, 4) is 11.7 Å². The Bertz CT molecular complexity index is 1380. The Morgan fingerprint density at radius 3 is 2.64 bits per heavy atom. The summed E-state index contributed by atoms with van der Waals surface area (Å²) in [6.07, 6.45) is 3.96. The number of nitrogens with two attached hydrogens (primary N) is 1. The number of carbonyl (C=O) groups is 1. The number of sulfonamides is 1. The molecule has 0 aliphatic carbocycles. The van der Waals surface area contributed by atoms with E-state index in [1.807, 2.05) is 18.7 Å². The van der Waals surface area contributed by atoms with Gasteiger partial charge in [-0.2, -0.15) is 0 Å². The van der Waals surface area contributed by atoms with E-state index in [0.29, 0.717) is 30.0 Å². The van der Waals surface area contributed by atoms with Crippen LogP contribution in [0.5, 0.6) is 5.88 Å². The predicted molar refractivity (Wildman–Crippen MR) is 136 cm³/mol. The van der Waals surface area contributed by atoms with Crippen molar-refractivity contribution in [3.05, 3.63) is 48.3 Å². The summed E-state index contributed by atoms with van der Waals surface area (Å²) in [4.78, 5) is 23.7. The summed E-state index contributed by atoms with van der Waals surface area (Å²) in [5, 5.41) is 4.42. The van der Waals surface area contributed by atoms with Crippen molar-refractivity contribution in [2.24, 2.45) is 5.92 Å². The monoisotopic (exact) mass is 513 g/mol. The standard InChI is InChI=1S/C24H31N7O4S/c1-15(2)35-20-11-14-31(28-20)19-9-8-17(22(27-19)30-13-10-16(3)24(30,4)5)23(32)29-36(33,34)18-7-6-12-26-21(18)25/h6-9,11-12,14-16H,10,13H2,1-5H3,(H2,25,26)(H,29,32). The molecule has 12 heteroatoms. The molecule has 36 heavy (non-hydrogen) atoms. The molecular weight excluding hydrogens is 482 g/mol. The highest BCUT2D eigenvalue weighted by atomic mass is 32.2. The Kier molecular flexibility index (Phi) is 6.65. The van der Waals surface area contributed by atoms with Crippen LogP contribution >= 0.6 is 0 Å². The summed E-state index contributed by atoms with van der Waals surface area (Å²) >= 11 is 0. The average Bonchev–Trinajstić information content (AvgIpc) is 3.36. The Balaban J connectivity index is 1.75. The fourth-order valence-corrected chi connectivity index (χ4v) is 5.21. The Morgan fingerprint density at radius 1 is 1.25 bits per heavy atom. The molecule has 3 aromatic heterocycles. The molecule has 0 radical (unpaired) electrons. The minimum atomic E-state index is -4.26. The van der Waals surface area contributed by atoms with Crippen LogP contribution in [0.25, 0.3) is 5.82 Å². The lowest BCUT2D eigenvalue weighted by Crippen LogP contribution is -2.44. The van der Waals surface area contributed by atoms with Gasteiger partial charge in [-0.1, -0.05) is 6.92 Å². The quantitative estimate of drug-likeness (QED) is 0.487. The number of ether oxygens (including phenoxy) is 1. The number of nitrogens with one attached hydrogen (secondary N) is 1. The summed E-state index contributed by atoms with van der Waals surface area (Å²) in [5.74, 6) is 0.607. The van der Waals surface area contributed by atoms with Crippen molar-refractivity contribution in [3.63, 3.8) is 0 Å². The normalized spacial score (nSPS) is 17.4. The summed E-state index contributed by atoms with van der Waals surface area (Å²) < 4.78 is 35.2. The number of pyridine rings is 2. The van der Waals surface area contributed by atoms with Gasteiger partial charge in [0.05, 0.1) is 11.7 Å². The van der Waals surface area contributed by atoms with Gasteiger partial charge in [0, 0.05) is 30.5 Å². The maximum absolute atomic E-state index is 13.3. The average molecular weight is 514 g/mol. The molecule has 192 valence electrons. The Morgan fingerprint density at radius 2 is 2.00 bits per heavy atom. The van der Waals surface area contributed by atoms with E-state index in [4.69, 9.17) is 15.5 Å². The van der Waals surface area contributed by atoms with E-state index in [9.17, 15) is 13.2 Å². The molecule has 4 rings (SSSR count). The third-order valence-corrected chi connectivity index (χ3v) is 7.90. The van der Waals surface area contributed by atoms with Crippen molar-refractivity contribution < 1.29 is 17.9 Å². The van der Waals surface area contributed by atoms with Gasteiger partial charge in [-0.3, -0.25) is 4.79 Å². The maximum Gasteiger partial charge on any atom is 0.268 e. The van der Waals surface area contributed by atoms with Crippen LogP contribution in [0, 0.1) is 5.92 Å². The van der Waals surface area contributed by atoms with Crippen LogP contribution < -0.4 is 20.1 Å². The first-order valence-corrected chi connectivity index (χ1v) is 13.2. The fraction of sp³-hybridized carbons (Fsp3) is 0.417. The number of nitrogens with zero attached hydrogens (tertiary/aromatic N) is 5. The summed E-state index contributed by atoms with van der Waals surface area (Å²) in [5.41, 5.74) is 5.54. The van der Waals surface area contributed by atoms with E-state index in [-0.39, 0.29) is 27.9 Å². The van der Waals surface area contributed by atoms with Gasteiger partial charge in [-0.05, 0) is 64.3 Å². The molecular formula is C24H31N7O4S. The van der Waals surface area contributed by atoms with Crippen molar-refractivity contribution in [1.82, 2.24) is 24.5 Å². The van der Waals surface area contributed by atoms with E-state index in [0.717, 1.165) is 6.42 Å². The molecule has 4 heterocycles. The molecule has 0 saturated carbocycles. The number of carbonyl (C=O) groups excluding carboxylic acids is 1. The second kappa shape index (κ2) is 9.41. The number of rotatable bonds is 7. The van der Waals surface area contributed by atoms with Crippen LogP contribution in [0.3, 0.4) is 0 Å². The first-order valence-electron chi connectivity index (χ1n) is 11.7. The van der Waals surface area contributed by atoms with Crippen molar-refractivity contribution in [1.29, 1.82) is 0 Å². The maximum atomic E-state index is 13.3. The first-order chi connectivity index (χ1) is 16.9. The largest absolute Gasteiger partial charge is 0.474 e. The lowest BCUT2D eigenvalue weighted by atomic mass is 9.90. The second-order valence-electron chi connectivity index (χ2n) is 9.62. The molecule has 1 aliphatic rings. The van der Waals surface area contributed by atoms with E-state index in [1.54, 1.807) is 29.1 Å². The third-order valence-electron chi connectivity index (χ3n) is 6.52. The number of hydrogen-bond donors (Lipinski definition) is 2. The van der Waals surface area contributed by atoms with Crippen LogP contribution in [0.1, 0.15) is 51.4 Å². The van der Waals surface area contributed by atoms with Crippen molar-refractivity contribution in [2.45, 2.75) is 57.6 Å². The highest BCUT2D eigenvalue weighted by molar-refractivity contribution is 7.90. The lowest BCUT2D eigenvalue weighted by Gasteiger charge is -2.36. The van der Waals surface area contributed by atoms with Crippen LogP contribution in [0.2, 0.25) is 0 Å². The van der Waals surface area contributed by atoms with E-state index >= 15 is 0 Å². The molecule has 1 saturated heterocycles. The third kappa shape index (κ3) is 4.85. The number of anilines is 2. The van der Waals surface area contributed by atoms with Gasteiger partial charge in [0.15, 0.2) is 5.82 Å². The minimum absolute atomic E-state index is 0.0365. The molecule has 1 unspecified atom stereocenters. The van der Waals surface area contributed by atoms with Crippen LogP contribution in [-0.4, -0.2) is 52.3 Å². The van der Waals surface area contributed by atoms with Gasteiger partial charge >= 0.3 is 0 Å². The Hall–Kier alpha value is -3.67. The van der Waals surface area contributed by atoms with Gasteiger partial charge in [0.1, 0.15) is 16.5 Å². The highest BCUT2D eigenvalue weighted by Gasteiger charge is 2.41. The zero-order valence-electron chi connectivity index (χ0n) is 21.0. The lowest BCUT2D eigenvalue weighted by molar-refractivity contribution is 0.0981. The Labute approximate surface area is 210 Å². The topological polar surface area (TPSA) is 145 Å². The van der Waals surface area contributed by atoms with Crippen LogP contribution in [-0.2, 0) is 10.0 Å². The predicted octanol–water partition coefficient (Wildman–Crippen LogP) is 2.78. The molecule has 0 bridgehead atoms. The molecule has 1 aliphatic heterocycles. The minimum Gasteiger partial charge on any atom is -0.474 e. The number of aromatic nitrogens is 4. The first kappa shape index (κ1) is 25.4. The highest BCUT2D eigenvalue weighted by Crippen LogP contribution is 2.39. The molecule has 3 aromatic rings. The van der Waals surface area contributed by atoms with Gasteiger partial charge in [-0.25, -0.2) is 27.8 Å². The molecule has 0 spiro atoms. The number of amides is 1. The summed E-state index contributed by atoms with van der Waals surface area (Å²) in [6.45, 7) is 10.8. The molecule has 11 nitrogen and oxygen atoms in total. The fourth-order valence-electron chi connectivity index (χ4n) is 4.16. The van der Waals surface area contributed by atoms with E-state index < -0.39 is 15.9 Å². The van der Waals surface area contributed by atoms with Gasteiger partial charge in [-0.15, -0.1) is 5.10 Å². The summed E-state index contributed by atoms with van der Waals surface area (Å²) in [7, 11) is -4.26. The van der Waals surface area contributed by atoms with E-state index in [1.165, 1.54) is 18.3 Å². The zero-order valence-corrected chi connectivity index (χ0v) is 21.8. The molecule has 3 N–H and O–H groups in total. The van der Waals surface area contributed by atoms with Crippen molar-refractivity contribution >= 4 is 27.6 Å². The summed E-state index contributed by atoms with van der Waals surface area (Å²) in [6, 6.07) is 7.63. The van der Waals surface area contributed by atoms with Gasteiger partial charge < -0.3 is 15.4 Å². The smallest absolute Gasteiger partial charge is 0.268 e. The molecule has 1 atom stereocenters. The van der Waals surface area contributed by atoms with Gasteiger partial charge in [0.2, 0.25) is 5.88 Å². The number of hydrogen-bond acceptors (Lipinski definition) is 9.